The summed E-state index contributed by atoms with van der Waals surface area (Å²) in [6.07, 6.45) is 0.502. The molecule has 0 aliphatic carbocycles. The van der Waals surface area contributed by atoms with Gasteiger partial charge in [-0.3, -0.25) is 9.48 Å². The van der Waals surface area contributed by atoms with Crippen molar-refractivity contribution in [2.75, 3.05) is 18.6 Å². The van der Waals surface area contributed by atoms with E-state index < -0.39 is 9.84 Å². The third kappa shape index (κ3) is 3.76. The van der Waals surface area contributed by atoms with Gasteiger partial charge in [-0.2, -0.15) is 5.10 Å². The first-order valence-corrected chi connectivity index (χ1v) is 9.82. The van der Waals surface area contributed by atoms with Gasteiger partial charge in [0.15, 0.2) is 15.5 Å². The number of sulfone groups is 1. The van der Waals surface area contributed by atoms with E-state index in [1.165, 1.54) is 4.90 Å². The molecule has 0 saturated carbocycles. The molecule has 0 bridgehead atoms. The molecule has 0 radical (unpaired) electrons. The predicted octanol–water partition coefficient (Wildman–Crippen LogP) is 2.02. The molecule has 1 saturated heterocycles. The second-order valence-corrected chi connectivity index (χ2v) is 9.89. The Morgan fingerprint density at radius 1 is 1.39 bits per heavy atom. The van der Waals surface area contributed by atoms with Crippen LogP contribution in [0.4, 0.5) is 0 Å². The van der Waals surface area contributed by atoms with Gasteiger partial charge in [0.1, 0.15) is 0 Å². The summed E-state index contributed by atoms with van der Waals surface area (Å²) < 4.78 is 25.1. The molecule has 1 atom stereocenters. The minimum absolute atomic E-state index is 0.0479. The fourth-order valence-corrected chi connectivity index (χ4v) is 4.65. The van der Waals surface area contributed by atoms with Crippen LogP contribution in [0.5, 0.6) is 0 Å². The number of hydrogen-bond donors (Lipinski definition) is 0. The SMILES string of the molecule is CC(C)c1cc(C(=O)N(C)[C@@H]2CCS(=O)(=O)C2)nn1C(C)(C)C. The maximum Gasteiger partial charge on any atom is 0.274 e. The van der Waals surface area contributed by atoms with Crippen molar-refractivity contribution in [3.05, 3.63) is 17.5 Å². The van der Waals surface area contributed by atoms with Crippen molar-refractivity contribution in [2.24, 2.45) is 0 Å². The van der Waals surface area contributed by atoms with Crippen LogP contribution in [0.25, 0.3) is 0 Å². The fraction of sp³-hybridized carbons (Fsp3) is 0.750. The number of hydrogen-bond acceptors (Lipinski definition) is 4. The topological polar surface area (TPSA) is 72.3 Å². The van der Waals surface area contributed by atoms with E-state index in [9.17, 15) is 13.2 Å². The molecule has 23 heavy (non-hydrogen) atoms. The Labute approximate surface area is 138 Å². The molecule has 1 aromatic heterocycles. The number of rotatable bonds is 3. The Hall–Kier alpha value is -1.37. The molecule has 0 N–H and O–H groups in total. The van der Waals surface area contributed by atoms with E-state index >= 15 is 0 Å². The predicted molar refractivity (Wildman–Crippen MR) is 90.5 cm³/mol. The second-order valence-electron chi connectivity index (χ2n) is 7.66. The molecule has 7 heteroatoms. The largest absolute Gasteiger partial charge is 0.336 e. The van der Waals surface area contributed by atoms with Crippen LogP contribution in [0.1, 0.15) is 63.1 Å². The summed E-state index contributed by atoms with van der Waals surface area (Å²) in [5, 5.41) is 4.51. The number of carbonyl (C=O) groups is 1. The quantitative estimate of drug-likeness (QED) is 0.843. The summed E-state index contributed by atoms with van der Waals surface area (Å²) in [5.41, 5.74) is 1.18. The highest BCUT2D eigenvalue weighted by atomic mass is 32.2. The monoisotopic (exact) mass is 341 g/mol. The molecular weight excluding hydrogens is 314 g/mol. The molecule has 130 valence electrons. The highest BCUT2D eigenvalue weighted by Crippen LogP contribution is 2.25. The Balaban J connectivity index is 2.29. The Morgan fingerprint density at radius 3 is 2.39 bits per heavy atom. The number of nitrogens with zero attached hydrogens (tertiary/aromatic N) is 3. The van der Waals surface area contributed by atoms with Gasteiger partial charge in [-0.15, -0.1) is 0 Å². The minimum atomic E-state index is -3.02. The first-order valence-electron chi connectivity index (χ1n) is 8.00. The highest BCUT2D eigenvalue weighted by molar-refractivity contribution is 7.91. The van der Waals surface area contributed by atoms with Gasteiger partial charge in [0.2, 0.25) is 0 Å². The van der Waals surface area contributed by atoms with E-state index in [2.05, 4.69) is 18.9 Å². The van der Waals surface area contributed by atoms with E-state index in [-0.39, 0.29) is 34.9 Å². The summed E-state index contributed by atoms with van der Waals surface area (Å²) in [5.74, 6) is 0.243. The molecule has 1 aliphatic rings. The smallest absolute Gasteiger partial charge is 0.274 e. The van der Waals surface area contributed by atoms with Crippen LogP contribution in [-0.4, -0.2) is 53.6 Å². The van der Waals surface area contributed by atoms with Gasteiger partial charge in [0, 0.05) is 18.8 Å². The Bertz CT molecular complexity index is 699. The second kappa shape index (κ2) is 5.92. The molecule has 1 aromatic rings. The summed E-state index contributed by atoms with van der Waals surface area (Å²) in [6, 6.07) is 1.58. The van der Waals surface area contributed by atoms with Crippen LogP contribution in [0.2, 0.25) is 0 Å². The summed E-state index contributed by atoms with van der Waals surface area (Å²) in [6.45, 7) is 10.3. The van der Waals surface area contributed by atoms with E-state index in [0.717, 1.165) is 5.69 Å². The maximum absolute atomic E-state index is 12.7. The third-order valence-corrected chi connectivity index (χ3v) is 6.01. The van der Waals surface area contributed by atoms with Crippen molar-refractivity contribution < 1.29 is 13.2 Å². The van der Waals surface area contributed by atoms with Crippen LogP contribution < -0.4 is 0 Å². The summed E-state index contributed by atoms with van der Waals surface area (Å²) >= 11 is 0. The minimum Gasteiger partial charge on any atom is -0.336 e. The van der Waals surface area contributed by atoms with Crippen molar-refractivity contribution in [2.45, 2.75) is 58.5 Å². The first-order chi connectivity index (χ1) is 10.4. The van der Waals surface area contributed by atoms with Gasteiger partial charge in [0.05, 0.1) is 17.0 Å². The lowest BCUT2D eigenvalue weighted by molar-refractivity contribution is 0.0740. The zero-order valence-electron chi connectivity index (χ0n) is 14.8. The van der Waals surface area contributed by atoms with Crippen molar-refractivity contribution in [3.63, 3.8) is 0 Å². The summed E-state index contributed by atoms with van der Waals surface area (Å²) in [4.78, 5) is 14.2. The molecule has 2 rings (SSSR count). The normalized spacial score (nSPS) is 20.9. The fourth-order valence-electron chi connectivity index (χ4n) is 2.88. The summed E-state index contributed by atoms with van der Waals surface area (Å²) in [7, 11) is -1.35. The Morgan fingerprint density at radius 2 is 2.00 bits per heavy atom. The van der Waals surface area contributed by atoms with Crippen LogP contribution in [0.15, 0.2) is 6.07 Å². The number of carbonyl (C=O) groups excluding carboxylic acids is 1. The van der Waals surface area contributed by atoms with Gasteiger partial charge in [0.25, 0.3) is 5.91 Å². The highest BCUT2D eigenvalue weighted by Gasteiger charge is 2.34. The lowest BCUT2D eigenvalue weighted by Crippen LogP contribution is -2.38. The third-order valence-electron chi connectivity index (χ3n) is 4.26. The van der Waals surface area contributed by atoms with Crippen molar-refractivity contribution in [3.8, 4) is 0 Å². The maximum atomic E-state index is 12.7. The number of amides is 1. The molecule has 6 nitrogen and oxygen atoms in total. The van der Waals surface area contributed by atoms with E-state index in [1.54, 1.807) is 7.05 Å². The molecule has 0 aromatic carbocycles. The molecule has 2 heterocycles. The van der Waals surface area contributed by atoms with Gasteiger partial charge in [-0.25, -0.2) is 8.42 Å². The van der Waals surface area contributed by atoms with Gasteiger partial charge in [-0.05, 0) is 39.2 Å². The molecular formula is C16H27N3O3S. The first kappa shape index (κ1) is 18.0. The van der Waals surface area contributed by atoms with Gasteiger partial charge >= 0.3 is 0 Å². The lowest BCUT2D eigenvalue weighted by Gasteiger charge is -2.24. The van der Waals surface area contributed by atoms with Crippen molar-refractivity contribution in [1.82, 2.24) is 14.7 Å². The Kier molecular flexibility index (Phi) is 4.63. The molecule has 1 aliphatic heterocycles. The average molecular weight is 341 g/mol. The van der Waals surface area contributed by atoms with Crippen molar-refractivity contribution in [1.29, 1.82) is 0 Å². The molecule has 1 amide bonds. The van der Waals surface area contributed by atoms with Crippen LogP contribution in [-0.2, 0) is 15.4 Å². The van der Waals surface area contributed by atoms with Crippen LogP contribution >= 0.6 is 0 Å². The molecule has 0 unspecified atom stereocenters. The van der Waals surface area contributed by atoms with E-state index in [0.29, 0.717) is 12.1 Å². The average Bonchev–Trinajstić information content (AvgIpc) is 3.00. The van der Waals surface area contributed by atoms with Gasteiger partial charge in [-0.1, -0.05) is 13.8 Å². The van der Waals surface area contributed by atoms with Crippen LogP contribution in [0, 0.1) is 0 Å². The van der Waals surface area contributed by atoms with E-state index in [1.807, 2.05) is 31.5 Å². The molecule has 0 spiro atoms. The van der Waals surface area contributed by atoms with E-state index in [4.69, 9.17) is 0 Å². The standard InChI is InChI=1S/C16H27N3O3S/c1-11(2)14-9-13(17-19(14)16(3,4)5)15(20)18(6)12-7-8-23(21,22)10-12/h9,11-12H,7-8,10H2,1-6H3/t12-/m1/s1. The van der Waals surface area contributed by atoms with Crippen LogP contribution in [0.3, 0.4) is 0 Å². The zero-order chi connectivity index (χ0) is 17.6. The lowest BCUT2D eigenvalue weighted by atomic mass is 10.1. The van der Waals surface area contributed by atoms with Gasteiger partial charge < -0.3 is 4.90 Å². The number of aromatic nitrogens is 2. The van der Waals surface area contributed by atoms with Crippen molar-refractivity contribution >= 4 is 15.7 Å². The zero-order valence-corrected chi connectivity index (χ0v) is 15.6. The molecule has 1 fully saturated rings.